The van der Waals surface area contributed by atoms with Gasteiger partial charge >= 0.3 is 10.2 Å². The summed E-state index contributed by atoms with van der Waals surface area (Å²) in [5, 5.41) is 6.86. The average Bonchev–Trinajstić information content (AvgIpc) is 3.36. The minimum absolute atomic E-state index is 0.0714. The smallest absolute Gasteiger partial charge is 0.323 e. The van der Waals surface area contributed by atoms with Crippen molar-refractivity contribution in [2.24, 2.45) is 5.73 Å². The molecule has 3 aliphatic rings. The highest BCUT2D eigenvalue weighted by Crippen LogP contribution is 2.34. The molecular weight excluding hydrogens is 458 g/mol. The van der Waals surface area contributed by atoms with Crippen molar-refractivity contribution in [1.82, 2.24) is 23.7 Å². The molecule has 3 atom stereocenters. The van der Waals surface area contributed by atoms with Crippen LogP contribution in [0.4, 0.5) is 8.78 Å². The molecule has 2 fully saturated rings. The number of ether oxygens (including phenoxy) is 1. The van der Waals surface area contributed by atoms with E-state index in [9.17, 15) is 22.0 Å². The monoisotopic (exact) mass is 482 g/mol. The molecule has 5 rings (SSSR count). The number of benzene rings is 1. The van der Waals surface area contributed by atoms with Crippen LogP contribution in [0, 0.1) is 11.6 Å². The van der Waals surface area contributed by atoms with Crippen molar-refractivity contribution in [3.8, 4) is 0 Å². The van der Waals surface area contributed by atoms with Gasteiger partial charge in [0.15, 0.2) is 0 Å². The summed E-state index contributed by atoms with van der Waals surface area (Å²) in [6.45, 7) is 1.37. The van der Waals surface area contributed by atoms with Crippen LogP contribution >= 0.6 is 0 Å². The number of nitrogens with two attached hydrogens (primary N) is 1. The Morgan fingerprint density at radius 1 is 1.21 bits per heavy atom. The van der Waals surface area contributed by atoms with E-state index in [4.69, 9.17) is 10.5 Å². The Balaban J connectivity index is 1.25. The Labute approximate surface area is 189 Å². The van der Waals surface area contributed by atoms with Crippen LogP contribution in [0.2, 0.25) is 0 Å². The van der Waals surface area contributed by atoms with Gasteiger partial charge in [-0.2, -0.15) is 21.9 Å². The van der Waals surface area contributed by atoms with Gasteiger partial charge in [-0.15, -0.1) is 0 Å². The number of piperazine rings is 1. The van der Waals surface area contributed by atoms with Crippen LogP contribution in [0.15, 0.2) is 24.4 Å². The van der Waals surface area contributed by atoms with E-state index in [0.29, 0.717) is 25.2 Å². The summed E-state index contributed by atoms with van der Waals surface area (Å²) in [6, 6.07) is 2.63. The predicted octanol–water partition coefficient (Wildman–Crippen LogP) is -0.141. The van der Waals surface area contributed by atoms with E-state index in [1.54, 1.807) is 0 Å². The Morgan fingerprint density at radius 2 is 2.03 bits per heavy atom. The molecule has 4 heterocycles. The maximum absolute atomic E-state index is 14.2. The highest BCUT2D eigenvalue weighted by Gasteiger charge is 2.38. The number of rotatable bonds is 4. The van der Waals surface area contributed by atoms with Crippen LogP contribution in [0.25, 0.3) is 0 Å². The van der Waals surface area contributed by atoms with Crippen molar-refractivity contribution in [3.63, 3.8) is 0 Å². The molecule has 0 spiro atoms. The van der Waals surface area contributed by atoms with E-state index in [1.165, 1.54) is 6.20 Å². The molecule has 1 amide bonds. The Hall–Kier alpha value is -2.45. The fraction of sp³-hybridized carbons (Fsp3) is 0.500. The lowest BCUT2D eigenvalue weighted by Gasteiger charge is -2.38. The summed E-state index contributed by atoms with van der Waals surface area (Å²) in [7, 11) is -3.92. The van der Waals surface area contributed by atoms with E-state index in [-0.39, 0.29) is 43.8 Å². The maximum atomic E-state index is 14.2. The van der Waals surface area contributed by atoms with Crippen molar-refractivity contribution in [3.05, 3.63) is 52.9 Å². The lowest BCUT2D eigenvalue weighted by molar-refractivity contribution is -0.122. The number of carbonyl (C=O) groups is 1. The normalized spacial score (nSPS) is 26.9. The first-order valence-electron chi connectivity index (χ1n) is 10.6. The van der Waals surface area contributed by atoms with Crippen LogP contribution in [0.5, 0.6) is 0 Å². The van der Waals surface area contributed by atoms with Crippen LogP contribution < -0.4 is 11.1 Å². The van der Waals surface area contributed by atoms with Crippen LogP contribution in [0.3, 0.4) is 0 Å². The van der Waals surface area contributed by atoms with Crippen LogP contribution in [0.1, 0.15) is 29.3 Å². The third-order valence-electron chi connectivity index (χ3n) is 6.33. The number of hydrogen-bond donors (Lipinski definition) is 2. The first kappa shape index (κ1) is 22.3. The number of amides is 1. The fourth-order valence-electron chi connectivity index (χ4n) is 4.61. The number of hydrogen-bond acceptors (Lipinski definition) is 7. The highest BCUT2D eigenvalue weighted by molar-refractivity contribution is 7.87. The zero-order chi connectivity index (χ0) is 23.3. The molecule has 33 heavy (non-hydrogen) atoms. The van der Waals surface area contributed by atoms with Crippen molar-refractivity contribution in [2.75, 3.05) is 26.2 Å². The van der Waals surface area contributed by atoms with Gasteiger partial charge in [0.1, 0.15) is 17.7 Å². The third kappa shape index (κ3) is 4.15. The quantitative estimate of drug-likeness (QED) is 0.622. The lowest BCUT2D eigenvalue weighted by Crippen LogP contribution is -2.51. The summed E-state index contributed by atoms with van der Waals surface area (Å²) in [6.07, 6.45) is 1.25. The van der Waals surface area contributed by atoms with Crippen LogP contribution in [-0.4, -0.2) is 71.0 Å². The summed E-state index contributed by atoms with van der Waals surface area (Å²) in [5.74, 6) is -1.45. The number of nitrogens with zero attached hydrogens (tertiary/aromatic N) is 4. The lowest BCUT2D eigenvalue weighted by atomic mass is 9.93. The zero-order valence-electron chi connectivity index (χ0n) is 17.7. The molecule has 2 saturated heterocycles. The number of carbonyl (C=O) groups excluding carboxylic acids is 1. The number of halogens is 2. The predicted molar refractivity (Wildman–Crippen MR) is 112 cm³/mol. The first-order chi connectivity index (χ1) is 15.7. The molecule has 0 unspecified atom stereocenters. The van der Waals surface area contributed by atoms with Gasteiger partial charge in [-0.3, -0.25) is 9.69 Å². The zero-order valence-corrected chi connectivity index (χ0v) is 18.5. The van der Waals surface area contributed by atoms with Crippen molar-refractivity contribution in [2.45, 2.75) is 37.7 Å². The van der Waals surface area contributed by atoms with Gasteiger partial charge in [-0.1, -0.05) is 0 Å². The minimum atomic E-state index is -3.92. The first-order valence-corrected chi connectivity index (χ1v) is 12.0. The molecule has 1 aromatic heterocycles. The van der Waals surface area contributed by atoms with Gasteiger partial charge in [0.2, 0.25) is 5.91 Å². The van der Waals surface area contributed by atoms with Crippen LogP contribution in [-0.2, 0) is 32.8 Å². The third-order valence-corrected chi connectivity index (χ3v) is 7.95. The summed E-state index contributed by atoms with van der Waals surface area (Å²) < 4.78 is 61.3. The molecule has 3 N–H and O–H groups in total. The summed E-state index contributed by atoms with van der Waals surface area (Å²) >= 11 is 0. The number of aromatic nitrogens is 2. The molecular formula is C20H24F2N6O4S. The van der Waals surface area contributed by atoms with E-state index >= 15 is 0 Å². The molecule has 1 aromatic carbocycles. The fourth-order valence-corrected chi connectivity index (χ4v) is 5.91. The largest absolute Gasteiger partial charge is 0.370 e. The molecule has 178 valence electrons. The molecule has 0 aliphatic carbocycles. The molecule has 2 aromatic rings. The Morgan fingerprint density at radius 3 is 2.76 bits per heavy atom. The van der Waals surface area contributed by atoms with Gasteiger partial charge < -0.3 is 15.8 Å². The average molecular weight is 483 g/mol. The van der Waals surface area contributed by atoms with Crippen molar-refractivity contribution < 1.29 is 26.7 Å². The second-order valence-corrected chi connectivity index (χ2v) is 10.3. The SMILES string of the molecule is N[C@H]1C[C@@H](N2Cc3cn(S(=O)(=O)N4CCNC(=O)C4)nc3C2)CO[C@@H]1c1cc(F)ccc1F. The summed E-state index contributed by atoms with van der Waals surface area (Å²) in [4.78, 5) is 13.7. The van der Waals surface area contributed by atoms with E-state index in [2.05, 4.69) is 15.3 Å². The van der Waals surface area contributed by atoms with E-state index in [0.717, 1.165) is 32.2 Å². The van der Waals surface area contributed by atoms with Gasteiger partial charge in [0.05, 0.1) is 18.8 Å². The molecule has 0 radical (unpaired) electrons. The topological polar surface area (TPSA) is 123 Å². The molecule has 13 heteroatoms. The van der Waals surface area contributed by atoms with Gasteiger partial charge in [-0.05, 0) is 24.6 Å². The van der Waals surface area contributed by atoms with Gasteiger partial charge in [-0.25, -0.2) is 8.78 Å². The van der Waals surface area contributed by atoms with Crippen molar-refractivity contribution in [1.29, 1.82) is 0 Å². The van der Waals surface area contributed by atoms with E-state index < -0.39 is 34.0 Å². The van der Waals surface area contributed by atoms with Gasteiger partial charge in [0.25, 0.3) is 0 Å². The minimum Gasteiger partial charge on any atom is -0.370 e. The highest BCUT2D eigenvalue weighted by atomic mass is 32.2. The van der Waals surface area contributed by atoms with E-state index in [1.807, 2.05) is 0 Å². The molecule has 0 bridgehead atoms. The molecule has 3 aliphatic heterocycles. The number of nitrogens with one attached hydrogen (secondary N) is 1. The van der Waals surface area contributed by atoms with Gasteiger partial charge in [0, 0.05) is 55.6 Å². The molecule has 10 nitrogen and oxygen atoms in total. The Bertz CT molecular complexity index is 1170. The second kappa shape index (κ2) is 8.40. The standard InChI is InChI=1S/C20H24F2N6O4S/c21-13-1-2-16(22)15(5-13)20-17(23)6-14(11-32-20)26-7-12-8-28(25-18(12)9-26)33(30,31)27-4-3-24-19(29)10-27/h1-2,5,8,14,17,20H,3-4,6-7,9-11,23H2,(H,24,29)/t14-,17+,20-/m1/s1. The summed E-state index contributed by atoms with van der Waals surface area (Å²) in [5.41, 5.74) is 7.78. The van der Waals surface area contributed by atoms with Crippen molar-refractivity contribution >= 4 is 16.1 Å². The number of fused-ring (bicyclic) bond motifs is 1. The second-order valence-electron chi connectivity index (χ2n) is 8.54. The molecule has 0 saturated carbocycles. The maximum Gasteiger partial charge on any atom is 0.323 e. The Kier molecular flexibility index (Phi) is 5.69.